The van der Waals surface area contributed by atoms with E-state index in [4.69, 9.17) is 4.52 Å². The number of nitrogens with zero attached hydrogens (tertiary/aromatic N) is 3. The quantitative estimate of drug-likeness (QED) is 0.647. The third-order valence-electron chi connectivity index (χ3n) is 2.83. The fourth-order valence-corrected chi connectivity index (χ4v) is 1.95. The third-order valence-corrected chi connectivity index (χ3v) is 2.83. The fraction of sp³-hybridized carbons (Fsp3) is 0.429. The molecule has 112 valence electrons. The topological polar surface area (TPSA) is 94.1 Å². The van der Waals surface area contributed by atoms with E-state index in [0.717, 1.165) is 12.8 Å². The minimum atomic E-state index is -0.419. The minimum Gasteiger partial charge on any atom is -0.377 e. The van der Waals surface area contributed by atoms with Gasteiger partial charge in [-0.1, -0.05) is 12.1 Å². The Kier molecular flexibility index (Phi) is 4.52. The van der Waals surface area contributed by atoms with Gasteiger partial charge in [-0.3, -0.25) is 10.1 Å². The number of aryl methyl sites for hydroxylation is 1. The number of aromatic nitrogens is 2. The lowest BCUT2D eigenvalue weighted by Crippen LogP contribution is -2.11. The Morgan fingerprint density at radius 2 is 2.19 bits per heavy atom. The summed E-state index contributed by atoms with van der Waals surface area (Å²) in [5, 5.41) is 18.1. The zero-order valence-corrected chi connectivity index (χ0v) is 12.3. The number of nitrogens with one attached hydrogen (secondary N) is 1. The van der Waals surface area contributed by atoms with Crippen LogP contribution in [0.15, 0.2) is 22.7 Å². The molecule has 0 aliphatic rings. The van der Waals surface area contributed by atoms with E-state index in [2.05, 4.69) is 15.5 Å². The summed E-state index contributed by atoms with van der Waals surface area (Å²) in [5.41, 5.74) is 1.02. The second-order valence-corrected chi connectivity index (χ2v) is 5.05. The highest BCUT2D eigenvalue weighted by Gasteiger charge is 2.18. The summed E-state index contributed by atoms with van der Waals surface area (Å²) in [4.78, 5) is 15.0. The van der Waals surface area contributed by atoms with Gasteiger partial charge in [0.1, 0.15) is 5.69 Å². The standard InChI is InChI=1S/C14H18N4O3/c1-4-5-13-16-14(21-17-13)10-6-7-11(15-9(2)3)12(8-10)18(19)20/h6-9,15H,4-5H2,1-3H3. The Labute approximate surface area is 122 Å². The van der Waals surface area contributed by atoms with E-state index in [-0.39, 0.29) is 11.7 Å². The molecule has 1 N–H and O–H groups in total. The number of nitro benzene ring substituents is 1. The van der Waals surface area contributed by atoms with Gasteiger partial charge in [0.25, 0.3) is 11.6 Å². The molecule has 0 atom stereocenters. The van der Waals surface area contributed by atoms with Gasteiger partial charge in [-0.15, -0.1) is 0 Å². The maximum Gasteiger partial charge on any atom is 0.293 e. The van der Waals surface area contributed by atoms with Crippen LogP contribution in [0, 0.1) is 10.1 Å². The molecule has 0 unspecified atom stereocenters. The molecular formula is C14H18N4O3. The van der Waals surface area contributed by atoms with E-state index in [0.29, 0.717) is 23.0 Å². The predicted octanol–water partition coefficient (Wildman–Crippen LogP) is 3.42. The molecule has 0 amide bonds. The Morgan fingerprint density at radius 3 is 2.81 bits per heavy atom. The number of anilines is 1. The van der Waals surface area contributed by atoms with Gasteiger partial charge < -0.3 is 9.84 Å². The van der Waals surface area contributed by atoms with E-state index >= 15 is 0 Å². The lowest BCUT2D eigenvalue weighted by molar-refractivity contribution is -0.383. The molecule has 1 aromatic heterocycles. The average molecular weight is 290 g/mol. The van der Waals surface area contributed by atoms with Crippen LogP contribution in [0.3, 0.4) is 0 Å². The highest BCUT2D eigenvalue weighted by Crippen LogP contribution is 2.30. The van der Waals surface area contributed by atoms with Crippen molar-refractivity contribution in [1.82, 2.24) is 10.1 Å². The Balaban J connectivity index is 2.36. The van der Waals surface area contributed by atoms with Crippen molar-refractivity contribution in [1.29, 1.82) is 0 Å². The summed E-state index contributed by atoms with van der Waals surface area (Å²) in [6.07, 6.45) is 1.63. The Morgan fingerprint density at radius 1 is 1.43 bits per heavy atom. The van der Waals surface area contributed by atoms with E-state index in [1.807, 2.05) is 20.8 Å². The lowest BCUT2D eigenvalue weighted by Gasteiger charge is -2.10. The first-order valence-electron chi connectivity index (χ1n) is 6.89. The molecule has 0 bridgehead atoms. The molecule has 2 rings (SSSR count). The second-order valence-electron chi connectivity index (χ2n) is 5.05. The molecule has 0 fully saturated rings. The number of hydrogen-bond donors (Lipinski definition) is 1. The molecule has 0 spiro atoms. The first-order chi connectivity index (χ1) is 10.0. The van der Waals surface area contributed by atoms with Crippen molar-refractivity contribution >= 4 is 11.4 Å². The van der Waals surface area contributed by atoms with Crippen molar-refractivity contribution in [3.8, 4) is 11.5 Å². The van der Waals surface area contributed by atoms with Crippen LogP contribution in [0.4, 0.5) is 11.4 Å². The van der Waals surface area contributed by atoms with E-state index in [9.17, 15) is 10.1 Å². The van der Waals surface area contributed by atoms with Gasteiger partial charge in [0, 0.05) is 24.1 Å². The van der Waals surface area contributed by atoms with Gasteiger partial charge >= 0.3 is 0 Å². The fourth-order valence-electron chi connectivity index (χ4n) is 1.95. The van der Waals surface area contributed by atoms with Crippen molar-refractivity contribution in [3.05, 3.63) is 34.1 Å². The monoisotopic (exact) mass is 290 g/mol. The average Bonchev–Trinajstić information content (AvgIpc) is 2.87. The summed E-state index contributed by atoms with van der Waals surface area (Å²) >= 11 is 0. The molecule has 0 saturated heterocycles. The summed E-state index contributed by atoms with van der Waals surface area (Å²) in [6, 6.07) is 4.96. The number of hydrogen-bond acceptors (Lipinski definition) is 6. The van der Waals surface area contributed by atoms with E-state index < -0.39 is 4.92 Å². The van der Waals surface area contributed by atoms with Crippen LogP contribution in [-0.2, 0) is 6.42 Å². The first-order valence-corrected chi connectivity index (χ1v) is 6.89. The van der Waals surface area contributed by atoms with Gasteiger partial charge in [-0.2, -0.15) is 4.98 Å². The van der Waals surface area contributed by atoms with Crippen LogP contribution in [-0.4, -0.2) is 21.1 Å². The lowest BCUT2D eigenvalue weighted by atomic mass is 10.1. The zero-order valence-electron chi connectivity index (χ0n) is 12.3. The van der Waals surface area contributed by atoms with E-state index in [1.54, 1.807) is 12.1 Å². The van der Waals surface area contributed by atoms with Gasteiger partial charge in [0.05, 0.1) is 4.92 Å². The molecule has 1 heterocycles. The highest BCUT2D eigenvalue weighted by molar-refractivity contribution is 5.70. The maximum atomic E-state index is 11.2. The van der Waals surface area contributed by atoms with Crippen molar-refractivity contribution in [3.63, 3.8) is 0 Å². The van der Waals surface area contributed by atoms with Crippen LogP contribution in [0.5, 0.6) is 0 Å². The van der Waals surface area contributed by atoms with Gasteiger partial charge in [-0.05, 0) is 32.4 Å². The smallest absolute Gasteiger partial charge is 0.293 e. The van der Waals surface area contributed by atoms with Crippen molar-refractivity contribution in [2.75, 3.05) is 5.32 Å². The molecule has 2 aromatic rings. The Bertz CT molecular complexity index is 637. The SMILES string of the molecule is CCCc1noc(-c2ccc(NC(C)C)c([N+](=O)[O-])c2)n1. The molecular weight excluding hydrogens is 272 g/mol. The minimum absolute atomic E-state index is 0.00329. The predicted molar refractivity (Wildman–Crippen MR) is 79.1 cm³/mol. The van der Waals surface area contributed by atoms with Crippen molar-refractivity contribution in [2.45, 2.75) is 39.7 Å². The summed E-state index contributed by atoms with van der Waals surface area (Å²) < 4.78 is 5.15. The largest absolute Gasteiger partial charge is 0.377 e. The van der Waals surface area contributed by atoms with E-state index in [1.165, 1.54) is 6.07 Å². The van der Waals surface area contributed by atoms with Crippen LogP contribution in [0.2, 0.25) is 0 Å². The zero-order chi connectivity index (χ0) is 15.4. The number of benzene rings is 1. The number of rotatable bonds is 6. The van der Waals surface area contributed by atoms with Crippen LogP contribution in [0.25, 0.3) is 11.5 Å². The molecule has 0 aliphatic heterocycles. The summed E-state index contributed by atoms with van der Waals surface area (Å²) in [7, 11) is 0. The van der Waals surface area contributed by atoms with Crippen LogP contribution in [0.1, 0.15) is 33.0 Å². The van der Waals surface area contributed by atoms with Crippen molar-refractivity contribution in [2.24, 2.45) is 0 Å². The summed E-state index contributed by atoms with van der Waals surface area (Å²) in [6.45, 7) is 5.87. The highest BCUT2D eigenvalue weighted by atomic mass is 16.6. The Hall–Kier alpha value is -2.44. The molecule has 7 heteroatoms. The van der Waals surface area contributed by atoms with Crippen LogP contribution < -0.4 is 5.32 Å². The van der Waals surface area contributed by atoms with Crippen molar-refractivity contribution < 1.29 is 9.45 Å². The van der Waals surface area contributed by atoms with Gasteiger partial charge in [-0.25, -0.2) is 0 Å². The molecule has 7 nitrogen and oxygen atoms in total. The molecule has 0 saturated carbocycles. The normalized spacial score (nSPS) is 10.9. The third kappa shape index (κ3) is 3.56. The first kappa shape index (κ1) is 15.0. The molecule has 1 aromatic carbocycles. The van der Waals surface area contributed by atoms with Gasteiger partial charge in [0.15, 0.2) is 5.82 Å². The van der Waals surface area contributed by atoms with Crippen LogP contribution >= 0.6 is 0 Å². The molecule has 0 aliphatic carbocycles. The second kappa shape index (κ2) is 6.34. The number of nitro groups is 1. The summed E-state index contributed by atoms with van der Waals surface area (Å²) in [5.74, 6) is 0.914. The molecule has 21 heavy (non-hydrogen) atoms. The molecule has 0 radical (unpaired) electrons. The van der Waals surface area contributed by atoms with Gasteiger partial charge in [0.2, 0.25) is 0 Å². The maximum absolute atomic E-state index is 11.2.